The van der Waals surface area contributed by atoms with Crippen LogP contribution in [0.5, 0.6) is 0 Å². The summed E-state index contributed by atoms with van der Waals surface area (Å²) in [6, 6.07) is 6.46. The number of hydrogen-bond acceptors (Lipinski definition) is 4. The van der Waals surface area contributed by atoms with Crippen LogP contribution in [0.3, 0.4) is 0 Å². The first-order valence-electron chi connectivity index (χ1n) is 9.15. The zero-order chi connectivity index (χ0) is 19.1. The van der Waals surface area contributed by atoms with Crippen LogP contribution in [0, 0.1) is 12.8 Å². The molecule has 2 amide bonds. The first kappa shape index (κ1) is 19.9. The molecular formula is C20H28N2O4. The number of hydrogen-bond donors (Lipinski definition) is 2. The monoisotopic (exact) mass is 360 g/mol. The van der Waals surface area contributed by atoms with Crippen LogP contribution in [0.25, 0.3) is 0 Å². The predicted octanol–water partition coefficient (Wildman–Crippen LogP) is 2.41. The Balaban J connectivity index is 2.00. The van der Waals surface area contributed by atoms with Gasteiger partial charge in [-0.1, -0.05) is 42.7 Å². The number of carbonyl (C=O) groups excluding carboxylic acids is 3. The maximum absolute atomic E-state index is 12.5. The van der Waals surface area contributed by atoms with Crippen molar-refractivity contribution in [3.63, 3.8) is 0 Å². The Morgan fingerprint density at radius 1 is 1.12 bits per heavy atom. The van der Waals surface area contributed by atoms with E-state index in [0.717, 1.165) is 36.8 Å². The summed E-state index contributed by atoms with van der Waals surface area (Å²) in [6.07, 6.45) is 3.93. The third-order valence-corrected chi connectivity index (χ3v) is 4.87. The van der Waals surface area contributed by atoms with Gasteiger partial charge in [-0.25, -0.2) is 0 Å². The molecule has 0 unspecified atom stereocenters. The number of carbonyl (C=O) groups is 3. The van der Waals surface area contributed by atoms with Gasteiger partial charge in [0, 0.05) is 5.92 Å². The highest BCUT2D eigenvalue weighted by Crippen LogP contribution is 2.25. The fourth-order valence-electron chi connectivity index (χ4n) is 3.18. The summed E-state index contributed by atoms with van der Waals surface area (Å²) in [7, 11) is 1.32. The fourth-order valence-corrected chi connectivity index (χ4v) is 3.18. The van der Waals surface area contributed by atoms with Gasteiger partial charge in [0.2, 0.25) is 11.8 Å². The molecule has 6 heteroatoms. The second-order valence-electron chi connectivity index (χ2n) is 6.96. The molecule has 1 aromatic carbocycles. The van der Waals surface area contributed by atoms with Gasteiger partial charge in [0.25, 0.3) is 0 Å². The average Bonchev–Trinajstić information content (AvgIpc) is 3.16. The Bertz CT molecular complexity index is 636. The minimum Gasteiger partial charge on any atom is -0.469 e. The van der Waals surface area contributed by atoms with E-state index in [9.17, 15) is 14.4 Å². The lowest BCUT2D eigenvalue weighted by atomic mass is 10.0. The van der Waals surface area contributed by atoms with Gasteiger partial charge >= 0.3 is 5.97 Å². The van der Waals surface area contributed by atoms with Crippen LogP contribution in [-0.2, 0) is 19.1 Å². The molecule has 1 saturated carbocycles. The standard InChI is InChI=1S/C20H28N2O4/c1-13-8-10-15(11-9-13)17(12-18(23)26-3)22-19(24)14(2)21-20(25)16-6-4-5-7-16/h8-11,14,16-17H,4-7,12H2,1-3H3,(H,21,25)(H,22,24)/t14-,17-/m0/s1. The molecule has 0 aromatic heterocycles. The van der Waals surface area contributed by atoms with Crippen LogP contribution >= 0.6 is 0 Å². The summed E-state index contributed by atoms with van der Waals surface area (Å²) in [5.74, 6) is -0.775. The van der Waals surface area contributed by atoms with E-state index in [-0.39, 0.29) is 24.2 Å². The van der Waals surface area contributed by atoms with E-state index in [1.54, 1.807) is 6.92 Å². The van der Waals surface area contributed by atoms with Gasteiger partial charge in [-0.15, -0.1) is 0 Å². The van der Waals surface area contributed by atoms with Crippen LogP contribution in [0.4, 0.5) is 0 Å². The molecular weight excluding hydrogens is 332 g/mol. The SMILES string of the molecule is COC(=O)C[C@H](NC(=O)[C@H](C)NC(=O)C1CCCC1)c1ccc(C)cc1. The van der Waals surface area contributed by atoms with Crippen molar-refractivity contribution in [1.82, 2.24) is 10.6 Å². The van der Waals surface area contributed by atoms with Crippen LogP contribution in [-0.4, -0.2) is 30.9 Å². The molecule has 0 bridgehead atoms. The molecule has 1 aromatic rings. The number of amides is 2. The molecule has 0 aliphatic heterocycles. The number of rotatable bonds is 7. The highest BCUT2D eigenvalue weighted by atomic mass is 16.5. The molecule has 142 valence electrons. The minimum atomic E-state index is -0.659. The largest absolute Gasteiger partial charge is 0.469 e. The molecule has 1 aliphatic carbocycles. The fraction of sp³-hybridized carbons (Fsp3) is 0.550. The van der Waals surface area contributed by atoms with Crippen molar-refractivity contribution in [2.45, 2.75) is 58.0 Å². The molecule has 2 atom stereocenters. The van der Waals surface area contributed by atoms with Gasteiger partial charge in [0.15, 0.2) is 0 Å². The first-order chi connectivity index (χ1) is 12.4. The van der Waals surface area contributed by atoms with Crippen molar-refractivity contribution < 1.29 is 19.1 Å². The van der Waals surface area contributed by atoms with Crippen LogP contribution < -0.4 is 10.6 Å². The Morgan fingerprint density at radius 3 is 2.31 bits per heavy atom. The van der Waals surface area contributed by atoms with Gasteiger partial charge in [0.1, 0.15) is 6.04 Å². The van der Waals surface area contributed by atoms with E-state index in [0.29, 0.717) is 0 Å². The molecule has 0 heterocycles. The molecule has 26 heavy (non-hydrogen) atoms. The highest BCUT2D eigenvalue weighted by Gasteiger charge is 2.27. The summed E-state index contributed by atoms with van der Waals surface area (Å²) in [5.41, 5.74) is 1.91. The van der Waals surface area contributed by atoms with Crippen molar-refractivity contribution in [3.05, 3.63) is 35.4 Å². The van der Waals surface area contributed by atoms with E-state index in [1.165, 1.54) is 7.11 Å². The lowest BCUT2D eigenvalue weighted by Crippen LogP contribution is -2.47. The zero-order valence-corrected chi connectivity index (χ0v) is 15.7. The zero-order valence-electron chi connectivity index (χ0n) is 15.7. The van der Waals surface area contributed by atoms with Gasteiger partial charge in [-0.3, -0.25) is 14.4 Å². The second kappa shape index (κ2) is 9.36. The van der Waals surface area contributed by atoms with Crippen LogP contribution in [0.1, 0.15) is 56.2 Å². The number of aryl methyl sites for hydroxylation is 1. The molecule has 1 fully saturated rings. The smallest absolute Gasteiger partial charge is 0.307 e. The number of nitrogens with one attached hydrogen (secondary N) is 2. The highest BCUT2D eigenvalue weighted by molar-refractivity contribution is 5.88. The summed E-state index contributed by atoms with van der Waals surface area (Å²) >= 11 is 0. The predicted molar refractivity (Wildman–Crippen MR) is 98.3 cm³/mol. The van der Waals surface area contributed by atoms with E-state index in [1.807, 2.05) is 31.2 Å². The minimum absolute atomic E-state index is 0.00761. The third-order valence-electron chi connectivity index (χ3n) is 4.87. The molecule has 2 rings (SSSR count). The number of benzene rings is 1. The summed E-state index contributed by atoms with van der Waals surface area (Å²) in [5, 5.41) is 5.65. The first-order valence-corrected chi connectivity index (χ1v) is 9.15. The summed E-state index contributed by atoms with van der Waals surface area (Å²) in [4.78, 5) is 36.5. The molecule has 6 nitrogen and oxygen atoms in total. The third kappa shape index (κ3) is 5.58. The van der Waals surface area contributed by atoms with Crippen molar-refractivity contribution in [2.24, 2.45) is 5.92 Å². The molecule has 2 N–H and O–H groups in total. The number of methoxy groups -OCH3 is 1. The molecule has 0 saturated heterocycles. The van der Waals surface area contributed by atoms with E-state index in [2.05, 4.69) is 10.6 Å². The van der Waals surface area contributed by atoms with Gasteiger partial charge < -0.3 is 15.4 Å². The maximum atomic E-state index is 12.5. The maximum Gasteiger partial charge on any atom is 0.307 e. The van der Waals surface area contributed by atoms with E-state index < -0.39 is 18.1 Å². The second-order valence-corrected chi connectivity index (χ2v) is 6.96. The topological polar surface area (TPSA) is 84.5 Å². The normalized spacial score (nSPS) is 16.6. The van der Waals surface area contributed by atoms with Crippen LogP contribution in [0.15, 0.2) is 24.3 Å². The van der Waals surface area contributed by atoms with Crippen molar-refractivity contribution in [2.75, 3.05) is 7.11 Å². The molecule has 0 spiro atoms. The van der Waals surface area contributed by atoms with E-state index >= 15 is 0 Å². The van der Waals surface area contributed by atoms with Gasteiger partial charge in [-0.2, -0.15) is 0 Å². The van der Waals surface area contributed by atoms with Crippen molar-refractivity contribution >= 4 is 17.8 Å². The lowest BCUT2D eigenvalue weighted by molar-refractivity contribution is -0.141. The number of esters is 1. The van der Waals surface area contributed by atoms with Crippen molar-refractivity contribution in [3.8, 4) is 0 Å². The summed E-state index contributed by atoms with van der Waals surface area (Å²) in [6.45, 7) is 3.63. The van der Waals surface area contributed by atoms with E-state index in [4.69, 9.17) is 4.74 Å². The van der Waals surface area contributed by atoms with Crippen molar-refractivity contribution in [1.29, 1.82) is 0 Å². The van der Waals surface area contributed by atoms with Gasteiger partial charge in [-0.05, 0) is 32.3 Å². The Hall–Kier alpha value is -2.37. The molecule has 1 aliphatic rings. The lowest BCUT2D eigenvalue weighted by Gasteiger charge is -2.22. The Kier molecular flexibility index (Phi) is 7.18. The van der Waals surface area contributed by atoms with Crippen LogP contribution in [0.2, 0.25) is 0 Å². The number of ether oxygens (including phenoxy) is 1. The Morgan fingerprint density at radius 2 is 1.73 bits per heavy atom. The quantitative estimate of drug-likeness (QED) is 0.732. The van der Waals surface area contributed by atoms with Gasteiger partial charge in [0.05, 0.1) is 19.6 Å². The summed E-state index contributed by atoms with van der Waals surface area (Å²) < 4.78 is 4.74. The molecule has 0 radical (unpaired) electrons. The Labute approximate surface area is 154 Å². The average molecular weight is 360 g/mol.